The summed E-state index contributed by atoms with van der Waals surface area (Å²) in [5.41, 5.74) is 7.92. The average molecular weight is 221 g/mol. The molecule has 1 unspecified atom stereocenters. The van der Waals surface area contributed by atoms with E-state index in [1.807, 2.05) is 6.07 Å². The van der Waals surface area contributed by atoms with Gasteiger partial charge in [0.1, 0.15) is 0 Å². The van der Waals surface area contributed by atoms with Crippen molar-refractivity contribution in [3.63, 3.8) is 0 Å². The number of nitrogens with zero attached hydrogens (tertiary/aromatic N) is 1. The van der Waals surface area contributed by atoms with E-state index in [1.165, 1.54) is 0 Å². The van der Waals surface area contributed by atoms with Gasteiger partial charge in [0.15, 0.2) is 0 Å². The molecule has 0 aliphatic carbocycles. The van der Waals surface area contributed by atoms with Crippen molar-refractivity contribution in [2.45, 2.75) is 12.2 Å². The fraction of sp³-hybridized carbons (Fsp3) is 0.364. The van der Waals surface area contributed by atoms with E-state index in [4.69, 9.17) is 11.0 Å². The molecule has 0 aromatic heterocycles. The molecule has 1 aromatic carbocycles. The van der Waals surface area contributed by atoms with E-state index in [1.54, 1.807) is 23.9 Å². The maximum absolute atomic E-state index is 8.68. The van der Waals surface area contributed by atoms with Crippen LogP contribution >= 0.6 is 11.8 Å². The third-order valence-corrected chi connectivity index (χ3v) is 3.13. The van der Waals surface area contributed by atoms with Crippen LogP contribution in [-0.2, 0) is 0 Å². The van der Waals surface area contributed by atoms with Crippen molar-refractivity contribution in [3.8, 4) is 6.07 Å². The molecular formula is C11H15N3S. The summed E-state index contributed by atoms with van der Waals surface area (Å²) in [5.74, 6) is 0. The lowest BCUT2D eigenvalue weighted by Gasteiger charge is -2.12. The summed E-state index contributed by atoms with van der Waals surface area (Å²) < 4.78 is 0. The number of hydrogen-bond donors (Lipinski definition) is 2. The van der Waals surface area contributed by atoms with E-state index in [0.717, 1.165) is 12.2 Å². The number of benzene rings is 1. The Labute approximate surface area is 94.7 Å². The minimum absolute atomic E-state index is 0.542. The van der Waals surface area contributed by atoms with Crippen molar-refractivity contribution >= 4 is 23.1 Å². The molecule has 1 aromatic rings. The normalized spacial score (nSPS) is 11.8. The van der Waals surface area contributed by atoms with Gasteiger partial charge in [0.05, 0.1) is 23.0 Å². The quantitative estimate of drug-likeness (QED) is 0.766. The third-order valence-electron chi connectivity index (χ3n) is 2.16. The van der Waals surface area contributed by atoms with Crippen molar-refractivity contribution in [3.05, 3.63) is 23.8 Å². The molecule has 1 atom stereocenters. The number of nitrogens with one attached hydrogen (secondary N) is 1. The Balaban J connectivity index is 2.67. The molecule has 0 amide bonds. The molecule has 0 aliphatic heterocycles. The molecular weight excluding hydrogens is 206 g/mol. The Morgan fingerprint density at radius 3 is 2.87 bits per heavy atom. The number of anilines is 2. The Kier molecular flexibility index (Phi) is 4.32. The molecule has 0 bridgehead atoms. The summed E-state index contributed by atoms with van der Waals surface area (Å²) >= 11 is 1.80. The summed E-state index contributed by atoms with van der Waals surface area (Å²) in [6, 6.07) is 7.36. The summed E-state index contributed by atoms with van der Waals surface area (Å²) in [4.78, 5) is 0. The largest absolute Gasteiger partial charge is 0.397 e. The van der Waals surface area contributed by atoms with Gasteiger partial charge >= 0.3 is 0 Å². The Morgan fingerprint density at radius 1 is 1.60 bits per heavy atom. The Bertz CT molecular complexity index is 371. The van der Waals surface area contributed by atoms with Gasteiger partial charge in [0.2, 0.25) is 0 Å². The molecule has 0 saturated heterocycles. The molecule has 0 fully saturated rings. The van der Waals surface area contributed by atoms with Crippen LogP contribution in [0.4, 0.5) is 11.4 Å². The van der Waals surface area contributed by atoms with Gasteiger partial charge in [-0.05, 0) is 24.5 Å². The lowest BCUT2D eigenvalue weighted by Crippen LogP contribution is -2.13. The zero-order valence-corrected chi connectivity index (χ0v) is 9.77. The van der Waals surface area contributed by atoms with Crippen molar-refractivity contribution in [2.75, 3.05) is 23.9 Å². The zero-order chi connectivity index (χ0) is 11.3. The van der Waals surface area contributed by atoms with Gasteiger partial charge in [-0.25, -0.2) is 0 Å². The van der Waals surface area contributed by atoms with Crippen LogP contribution in [0.15, 0.2) is 18.2 Å². The minimum Gasteiger partial charge on any atom is -0.397 e. The first kappa shape index (κ1) is 11.7. The second-order valence-electron chi connectivity index (χ2n) is 3.34. The second-order valence-corrected chi connectivity index (χ2v) is 4.62. The summed E-state index contributed by atoms with van der Waals surface area (Å²) in [6.07, 6.45) is 2.08. The van der Waals surface area contributed by atoms with Gasteiger partial charge in [-0.2, -0.15) is 17.0 Å². The predicted octanol–water partition coefficient (Wildman–Crippen LogP) is 2.30. The number of nitrogen functional groups attached to an aromatic ring is 1. The van der Waals surface area contributed by atoms with Crippen LogP contribution in [0.25, 0.3) is 0 Å². The standard InChI is InChI=1S/C11H15N3S/c1-8(15-2)7-14-11-4-3-9(6-12)5-10(11)13/h3-5,8,14H,7,13H2,1-2H3. The van der Waals surface area contributed by atoms with Gasteiger partial charge in [0, 0.05) is 11.8 Å². The average Bonchev–Trinajstić information content (AvgIpc) is 2.26. The van der Waals surface area contributed by atoms with Crippen molar-refractivity contribution in [2.24, 2.45) is 0 Å². The van der Waals surface area contributed by atoms with E-state index < -0.39 is 0 Å². The molecule has 0 heterocycles. The summed E-state index contributed by atoms with van der Waals surface area (Å²) in [6.45, 7) is 3.02. The fourth-order valence-corrected chi connectivity index (χ4v) is 1.38. The third kappa shape index (κ3) is 3.37. The highest BCUT2D eigenvalue weighted by atomic mass is 32.2. The molecule has 0 radical (unpaired) electrons. The van der Waals surface area contributed by atoms with E-state index >= 15 is 0 Å². The van der Waals surface area contributed by atoms with E-state index in [-0.39, 0.29) is 0 Å². The number of nitrogens with two attached hydrogens (primary N) is 1. The smallest absolute Gasteiger partial charge is 0.0992 e. The molecule has 0 spiro atoms. The van der Waals surface area contributed by atoms with Crippen LogP contribution in [0.2, 0.25) is 0 Å². The maximum atomic E-state index is 8.68. The Morgan fingerprint density at radius 2 is 2.33 bits per heavy atom. The minimum atomic E-state index is 0.542. The van der Waals surface area contributed by atoms with Gasteiger partial charge in [-0.3, -0.25) is 0 Å². The van der Waals surface area contributed by atoms with Crippen LogP contribution in [0.1, 0.15) is 12.5 Å². The van der Waals surface area contributed by atoms with E-state index in [9.17, 15) is 0 Å². The second kappa shape index (κ2) is 5.52. The molecule has 3 nitrogen and oxygen atoms in total. The number of hydrogen-bond acceptors (Lipinski definition) is 4. The fourth-order valence-electron chi connectivity index (χ4n) is 1.13. The summed E-state index contributed by atoms with van der Waals surface area (Å²) in [7, 11) is 0. The Hall–Kier alpha value is -1.34. The van der Waals surface area contributed by atoms with Gasteiger partial charge in [-0.15, -0.1) is 0 Å². The number of thioether (sulfide) groups is 1. The molecule has 80 valence electrons. The lowest BCUT2D eigenvalue weighted by molar-refractivity contribution is 1.00. The molecule has 0 aliphatic rings. The van der Waals surface area contributed by atoms with Crippen molar-refractivity contribution in [1.82, 2.24) is 0 Å². The monoisotopic (exact) mass is 221 g/mol. The molecule has 4 heteroatoms. The zero-order valence-electron chi connectivity index (χ0n) is 8.95. The molecule has 0 saturated carbocycles. The molecule has 1 rings (SSSR count). The SMILES string of the molecule is CSC(C)CNc1ccc(C#N)cc1N. The van der Waals surface area contributed by atoms with Gasteiger partial charge < -0.3 is 11.1 Å². The van der Waals surface area contributed by atoms with E-state index in [2.05, 4.69) is 24.6 Å². The highest BCUT2D eigenvalue weighted by molar-refractivity contribution is 7.99. The van der Waals surface area contributed by atoms with Gasteiger partial charge in [0.25, 0.3) is 0 Å². The molecule has 15 heavy (non-hydrogen) atoms. The van der Waals surface area contributed by atoms with Crippen molar-refractivity contribution < 1.29 is 0 Å². The lowest BCUT2D eigenvalue weighted by atomic mass is 10.2. The first-order valence-electron chi connectivity index (χ1n) is 4.73. The van der Waals surface area contributed by atoms with Crippen LogP contribution in [0.3, 0.4) is 0 Å². The van der Waals surface area contributed by atoms with Gasteiger partial charge in [-0.1, -0.05) is 6.92 Å². The van der Waals surface area contributed by atoms with Crippen LogP contribution in [-0.4, -0.2) is 18.1 Å². The van der Waals surface area contributed by atoms with Crippen molar-refractivity contribution in [1.29, 1.82) is 5.26 Å². The van der Waals surface area contributed by atoms with E-state index in [0.29, 0.717) is 16.5 Å². The highest BCUT2D eigenvalue weighted by Crippen LogP contribution is 2.20. The topological polar surface area (TPSA) is 61.8 Å². The molecule has 3 N–H and O–H groups in total. The predicted molar refractivity (Wildman–Crippen MR) is 67.0 cm³/mol. The first-order valence-corrected chi connectivity index (χ1v) is 6.02. The maximum Gasteiger partial charge on any atom is 0.0992 e. The van der Waals surface area contributed by atoms with Crippen LogP contribution in [0.5, 0.6) is 0 Å². The number of nitriles is 1. The van der Waals surface area contributed by atoms with Crippen LogP contribution < -0.4 is 11.1 Å². The summed E-state index contributed by atoms with van der Waals surface area (Å²) in [5, 5.41) is 12.5. The highest BCUT2D eigenvalue weighted by Gasteiger charge is 2.02. The van der Waals surface area contributed by atoms with Crippen LogP contribution in [0, 0.1) is 11.3 Å². The first-order chi connectivity index (χ1) is 7.17. The number of rotatable bonds is 4.